The SMILES string of the molecule is COCCCn1c([C@@H]2CCCN(C(=O)[C@@H]3CN(C(=O)N4CCCC4)C[C@H]3N)C2)nc2ccccc21. The fourth-order valence-electron chi connectivity index (χ4n) is 5.99. The number of ether oxygens (including phenoxy) is 1. The van der Waals surface area contributed by atoms with E-state index in [-0.39, 0.29) is 29.8 Å². The number of para-hydroxylation sites is 2. The zero-order valence-corrected chi connectivity index (χ0v) is 20.8. The highest BCUT2D eigenvalue weighted by atomic mass is 16.5. The van der Waals surface area contributed by atoms with Crippen LogP contribution < -0.4 is 5.73 Å². The van der Waals surface area contributed by atoms with E-state index in [9.17, 15) is 9.59 Å². The van der Waals surface area contributed by atoms with E-state index in [4.69, 9.17) is 15.5 Å². The summed E-state index contributed by atoms with van der Waals surface area (Å²) in [5.41, 5.74) is 8.55. The quantitative estimate of drug-likeness (QED) is 0.637. The van der Waals surface area contributed by atoms with Crippen molar-refractivity contribution >= 4 is 23.0 Å². The van der Waals surface area contributed by atoms with Gasteiger partial charge in [-0.15, -0.1) is 0 Å². The molecule has 0 radical (unpaired) electrons. The van der Waals surface area contributed by atoms with Gasteiger partial charge in [0, 0.05) is 71.5 Å². The first-order valence-electron chi connectivity index (χ1n) is 13.1. The Morgan fingerprint density at radius 1 is 1.03 bits per heavy atom. The van der Waals surface area contributed by atoms with Crippen molar-refractivity contribution in [3.8, 4) is 0 Å². The van der Waals surface area contributed by atoms with Crippen molar-refractivity contribution in [2.45, 2.75) is 50.6 Å². The zero-order valence-electron chi connectivity index (χ0n) is 20.8. The molecule has 9 nitrogen and oxygen atoms in total. The number of likely N-dealkylation sites (tertiary alicyclic amines) is 3. The molecule has 3 amide bonds. The first-order valence-corrected chi connectivity index (χ1v) is 13.1. The van der Waals surface area contributed by atoms with Crippen LogP contribution in [0.3, 0.4) is 0 Å². The minimum absolute atomic E-state index is 0.0366. The average molecular weight is 483 g/mol. The van der Waals surface area contributed by atoms with Crippen LogP contribution >= 0.6 is 0 Å². The molecule has 0 unspecified atom stereocenters. The van der Waals surface area contributed by atoms with E-state index in [0.717, 1.165) is 75.1 Å². The number of hydrogen-bond acceptors (Lipinski definition) is 5. The third-order valence-corrected chi connectivity index (χ3v) is 7.84. The van der Waals surface area contributed by atoms with Crippen LogP contribution in [0.2, 0.25) is 0 Å². The molecule has 1 aromatic carbocycles. The third kappa shape index (κ3) is 4.89. The third-order valence-electron chi connectivity index (χ3n) is 7.84. The maximum absolute atomic E-state index is 13.6. The Hall–Kier alpha value is -2.65. The molecule has 3 fully saturated rings. The molecular weight excluding hydrogens is 444 g/mol. The van der Waals surface area contributed by atoms with Crippen LogP contribution in [0.5, 0.6) is 0 Å². The number of nitrogens with zero attached hydrogens (tertiary/aromatic N) is 5. The van der Waals surface area contributed by atoms with Crippen LogP contribution in [0.15, 0.2) is 24.3 Å². The molecule has 190 valence electrons. The summed E-state index contributed by atoms with van der Waals surface area (Å²) in [6, 6.07) is 7.97. The molecule has 3 aliphatic rings. The molecule has 1 aromatic heterocycles. The molecule has 9 heteroatoms. The summed E-state index contributed by atoms with van der Waals surface area (Å²) < 4.78 is 7.59. The largest absolute Gasteiger partial charge is 0.385 e. The summed E-state index contributed by atoms with van der Waals surface area (Å²) in [4.78, 5) is 37.1. The summed E-state index contributed by atoms with van der Waals surface area (Å²) in [6.45, 7) is 5.43. The van der Waals surface area contributed by atoms with Crippen LogP contribution in [0.25, 0.3) is 11.0 Å². The van der Waals surface area contributed by atoms with Crippen molar-refractivity contribution in [1.82, 2.24) is 24.3 Å². The van der Waals surface area contributed by atoms with Crippen molar-refractivity contribution in [1.29, 1.82) is 0 Å². The average Bonchev–Trinajstić information content (AvgIpc) is 3.63. The van der Waals surface area contributed by atoms with E-state index in [1.165, 1.54) is 0 Å². The lowest BCUT2D eigenvalue weighted by Gasteiger charge is -2.35. The number of aromatic nitrogens is 2. The second-order valence-corrected chi connectivity index (χ2v) is 10.2. The number of carbonyl (C=O) groups is 2. The summed E-state index contributed by atoms with van der Waals surface area (Å²) >= 11 is 0. The van der Waals surface area contributed by atoms with E-state index in [0.29, 0.717) is 26.2 Å². The summed E-state index contributed by atoms with van der Waals surface area (Å²) in [5, 5.41) is 0. The molecule has 0 aliphatic carbocycles. The van der Waals surface area contributed by atoms with Gasteiger partial charge in [0.15, 0.2) is 0 Å². The monoisotopic (exact) mass is 482 g/mol. The Labute approximate surface area is 207 Å². The van der Waals surface area contributed by atoms with Gasteiger partial charge in [0.2, 0.25) is 5.91 Å². The lowest BCUT2D eigenvalue weighted by atomic mass is 9.94. The molecule has 2 aromatic rings. The van der Waals surface area contributed by atoms with Gasteiger partial charge in [0.1, 0.15) is 5.82 Å². The van der Waals surface area contributed by atoms with E-state index < -0.39 is 0 Å². The molecule has 3 aliphatic heterocycles. The number of rotatable bonds is 6. The van der Waals surface area contributed by atoms with Crippen LogP contribution in [0, 0.1) is 5.92 Å². The van der Waals surface area contributed by atoms with Crippen molar-refractivity contribution in [2.75, 3.05) is 53.0 Å². The number of hydrogen-bond donors (Lipinski definition) is 1. The molecule has 5 rings (SSSR count). The molecule has 4 heterocycles. The van der Waals surface area contributed by atoms with Crippen molar-refractivity contribution in [2.24, 2.45) is 11.7 Å². The normalized spacial score (nSPS) is 25.1. The van der Waals surface area contributed by atoms with Gasteiger partial charge in [-0.25, -0.2) is 9.78 Å². The number of fused-ring (bicyclic) bond motifs is 1. The number of urea groups is 1. The lowest BCUT2D eigenvalue weighted by Crippen LogP contribution is -2.47. The van der Waals surface area contributed by atoms with Crippen molar-refractivity contribution in [3.63, 3.8) is 0 Å². The number of benzene rings is 1. The summed E-state index contributed by atoms with van der Waals surface area (Å²) in [7, 11) is 1.73. The maximum atomic E-state index is 13.6. The number of nitrogens with two attached hydrogens (primary N) is 1. The number of imidazole rings is 1. The van der Waals surface area contributed by atoms with Crippen LogP contribution in [0.1, 0.15) is 43.8 Å². The molecule has 0 spiro atoms. The zero-order chi connectivity index (χ0) is 24.4. The number of carbonyl (C=O) groups excluding carboxylic acids is 2. The predicted octanol–water partition coefficient (Wildman–Crippen LogP) is 2.25. The second-order valence-electron chi connectivity index (χ2n) is 10.2. The van der Waals surface area contributed by atoms with E-state index in [2.05, 4.69) is 16.7 Å². The summed E-state index contributed by atoms with van der Waals surface area (Å²) in [6.07, 6.45) is 4.97. The molecule has 0 bridgehead atoms. The van der Waals surface area contributed by atoms with Gasteiger partial charge in [0.05, 0.1) is 17.0 Å². The smallest absolute Gasteiger partial charge is 0.320 e. The van der Waals surface area contributed by atoms with Crippen LogP contribution in [-0.4, -0.2) is 95.2 Å². The molecule has 3 atom stereocenters. The van der Waals surface area contributed by atoms with Gasteiger partial charge in [-0.05, 0) is 44.2 Å². The minimum Gasteiger partial charge on any atom is -0.385 e. The Balaban J connectivity index is 1.29. The van der Waals surface area contributed by atoms with Gasteiger partial charge in [0.25, 0.3) is 0 Å². The molecule has 3 saturated heterocycles. The van der Waals surface area contributed by atoms with E-state index in [1.807, 2.05) is 21.9 Å². The number of amides is 3. The van der Waals surface area contributed by atoms with Crippen molar-refractivity contribution < 1.29 is 14.3 Å². The van der Waals surface area contributed by atoms with Gasteiger partial charge in [-0.3, -0.25) is 4.79 Å². The first kappa shape index (κ1) is 24.1. The lowest BCUT2D eigenvalue weighted by molar-refractivity contribution is -0.136. The highest BCUT2D eigenvalue weighted by Crippen LogP contribution is 2.31. The van der Waals surface area contributed by atoms with Crippen LogP contribution in [-0.2, 0) is 16.1 Å². The highest BCUT2D eigenvalue weighted by molar-refractivity contribution is 5.83. The fraction of sp³-hybridized carbons (Fsp3) is 0.654. The maximum Gasteiger partial charge on any atom is 0.320 e. The molecular formula is C26H38N6O3. The van der Waals surface area contributed by atoms with E-state index >= 15 is 0 Å². The Bertz CT molecular complexity index is 1050. The molecule has 35 heavy (non-hydrogen) atoms. The van der Waals surface area contributed by atoms with Gasteiger partial charge < -0.3 is 29.7 Å². The first-order chi connectivity index (χ1) is 17.1. The van der Waals surface area contributed by atoms with Gasteiger partial charge in [-0.1, -0.05) is 12.1 Å². The predicted molar refractivity (Wildman–Crippen MR) is 134 cm³/mol. The molecule has 0 saturated carbocycles. The Kier molecular flexibility index (Phi) is 7.24. The second kappa shape index (κ2) is 10.5. The minimum atomic E-state index is -0.333. The number of piperidine rings is 1. The van der Waals surface area contributed by atoms with Gasteiger partial charge in [-0.2, -0.15) is 0 Å². The van der Waals surface area contributed by atoms with Crippen LogP contribution in [0.4, 0.5) is 4.79 Å². The standard InChI is InChI=1S/C26H38N6O3/c1-35-15-7-14-32-23-10-3-2-9-22(23)28-24(32)19-8-6-13-30(16-19)25(33)20-17-31(18-21(20)27)26(34)29-11-4-5-12-29/h2-3,9-10,19-21H,4-8,11-18,27H2,1H3/t19-,20-,21-/m1/s1. The number of methoxy groups -OCH3 is 1. The fourth-order valence-corrected chi connectivity index (χ4v) is 5.99. The number of aryl methyl sites for hydroxylation is 1. The van der Waals surface area contributed by atoms with Crippen molar-refractivity contribution in [3.05, 3.63) is 30.1 Å². The van der Waals surface area contributed by atoms with Gasteiger partial charge >= 0.3 is 6.03 Å². The Morgan fingerprint density at radius 3 is 2.60 bits per heavy atom. The molecule has 2 N–H and O–H groups in total. The topological polar surface area (TPSA) is 96.9 Å². The Morgan fingerprint density at radius 2 is 1.80 bits per heavy atom. The summed E-state index contributed by atoms with van der Waals surface area (Å²) in [5.74, 6) is 0.991. The van der Waals surface area contributed by atoms with E-state index in [1.54, 1.807) is 12.0 Å². The highest BCUT2D eigenvalue weighted by Gasteiger charge is 2.42.